The Balaban J connectivity index is 1.34. The van der Waals surface area contributed by atoms with Gasteiger partial charge in [-0.1, -0.05) is 35.8 Å². The summed E-state index contributed by atoms with van der Waals surface area (Å²) in [6, 6.07) is 14.8. The predicted octanol–water partition coefficient (Wildman–Crippen LogP) is 4.89. The van der Waals surface area contributed by atoms with Crippen LogP contribution in [0.5, 0.6) is 0 Å². The van der Waals surface area contributed by atoms with Gasteiger partial charge in [0.05, 0.1) is 11.0 Å². The molecule has 0 aliphatic heterocycles. The smallest absolute Gasteiger partial charge is 0.251 e. The second-order valence-electron chi connectivity index (χ2n) is 8.06. The van der Waals surface area contributed by atoms with Crippen LogP contribution < -0.4 is 5.32 Å². The van der Waals surface area contributed by atoms with Crippen molar-refractivity contribution in [3.8, 4) is 0 Å². The Bertz CT molecular complexity index is 1070. The van der Waals surface area contributed by atoms with Gasteiger partial charge in [0.2, 0.25) is 0 Å². The molecule has 2 bridgehead atoms. The van der Waals surface area contributed by atoms with E-state index in [0.29, 0.717) is 11.3 Å². The number of benzene rings is 2. The number of aromatic nitrogens is 2. The van der Waals surface area contributed by atoms with E-state index in [1.54, 1.807) is 24.3 Å². The highest BCUT2D eigenvalue weighted by Gasteiger charge is 2.60. The highest BCUT2D eigenvalue weighted by atomic mass is 16.1. The average Bonchev–Trinajstić information content (AvgIpc) is 3.13. The first kappa shape index (κ1) is 16.8. The number of amides is 1. The van der Waals surface area contributed by atoms with Crippen LogP contribution in [-0.4, -0.2) is 21.4 Å². The molecule has 2 N–H and O–H groups in total. The fourth-order valence-electron chi connectivity index (χ4n) is 5.05. The minimum absolute atomic E-state index is 0.0376. The van der Waals surface area contributed by atoms with Crippen molar-refractivity contribution in [2.75, 3.05) is 0 Å². The van der Waals surface area contributed by atoms with Crippen LogP contribution in [-0.2, 0) is 5.41 Å². The molecule has 3 aromatic rings. The Labute approximate surface area is 161 Å². The van der Waals surface area contributed by atoms with Crippen LogP contribution in [0.4, 0.5) is 5.69 Å². The lowest BCUT2D eigenvalue weighted by atomic mass is 9.49. The molecule has 0 spiro atoms. The Morgan fingerprint density at radius 3 is 2.68 bits per heavy atom. The molecule has 3 aliphatic rings. The summed E-state index contributed by atoms with van der Waals surface area (Å²) in [6.07, 6.45) is 5.01. The number of azide groups is 1. The van der Waals surface area contributed by atoms with Gasteiger partial charge in [-0.3, -0.25) is 4.79 Å². The number of imidazole rings is 1. The third-order valence-corrected chi connectivity index (χ3v) is 6.22. The summed E-state index contributed by atoms with van der Waals surface area (Å²) in [4.78, 5) is 23.8. The third-order valence-electron chi connectivity index (χ3n) is 6.22. The molecular weight excluding hydrogens is 352 g/mol. The Morgan fingerprint density at radius 1 is 1.14 bits per heavy atom. The number of carbonyl (C=O) groups excluding carboxylic acids is 1. The van der Waals surface area contributed by atoms with Crippen LogP contribution in [0.2, 0.25) is 0 Å². The number of rotatable bonds is 4. The molecule has 0 atom stereocenters. The zero-order valence-electron chi connectivity index (χ0n) is 15.4. The van der Waals surface area contributed by atoms with Crippen LogP contribution in [0.25, 0.3) is 21.5 Å². The van der Waals surface area contributed by atoms with E-state index in [4.69, 9.17) is 10.5 Å². The molecule has 0 radical (unpaired) electrons. The molecule has 0 saturated heterocycles. The van der Waals surface area contributed by atoms with Crippen molar-refractivity contribution in [3.05, 3.63) is 70.4 Å². The molecule has 6 rings (SSSR count). The van der Waals surface area contributed by atoms with E-state index in [2.05, 4.69) is 26.4 Å². The lowest BCUT2D eigenvalue weighted by Gasteiger charge is -2.60. The highest BCUT2D eigenvalue weighted by Crippen LogP contribution is 2.58. The zero-order chi connectivity index (χ0) is 19.2. The normalized spacial score (nSPS) is 25.6. The number of aromatic amines is 1. The van der Waals surface area contributed by atoms with Crippen molar-refractivity contribution in [2.24, 2.45) is 5.11 Å². The molecule has 1 amide bonds. The maximum Gasteiger partial charge on any atom is 0.251 e. The van der Waals surface area contributed by atoms with E-state index in [-0.39, 0.29) is 16.9 Å². The Morgan fingerprint density at radius 2 is 1.93 bits per heavy atom. The number of hydrogen-bond acceptors (Lipinski definition) is 3. The standard InChI is InChI=1S/C21H20N6O/c22-27-26-15-8-6-14(7-9-15)18(28)25-21-11-3-10-20(12-21,13-21)19-23-16-4-1-2-5-17(16)24-19/h1-2,4-9H,3,10-13H2,(H,23,24)(H,25,28). The van der Waals surface area contributed by atoms with Crippen LogP contribution >= 0.6 is 0 Å². The van der Waals surface area contributed by atoms with E-state index in [0.717, 1.165) is 49.0 Å². The summed E-state index contributed by atoms with van der Waals surface area (Å²) >= 11 is 0. The molecule has 0 unspecified atom stereocenters. The SMILES string of the molecule is [N-]=[N+]=Nc1ccc(C(=O)NC23CCCC(c4nc5ccccc5[nH]4)(C2)C3)cc1. The summed E-state index contributed by atoms with van der Waals surface area (Å²) in [5.41, 5.74) is 11.5. The fraction of sp³-hybridized carbons (Fsp3) is 0.333. The molecule has 28 heavy (non-hydrogen) atoms. The first-order chi connectivity index (χ1) is 13.6. The fourth-order valence-corrected chi connectivity index (χ4v) is 5.05. The van der Waals surface area contributed by atoms with Crippen molar-refractivity contribution in [1.29, 1.82) is 0 Å². The third kappa shape index (κ3) is 2.63. The van der Waals surface area contributed by atoms with E-state index in [1.807, 2.05) is 18.2 Å². The number of fused-ring (bicyclic) bond motifs is 3. The zero-order valence-corrected chi connectivity index (χ0v) is 15.4. The van der Waals surface area contributed by atoms with Gasteiger partial charge >= 0.3 is 0 Å². The van der Waals surface area contributed by atoms with Gasteiger partial charge in [-0.15, -0.1) is 0 Å². The summed E-state index contributed by atoms with van der Waals surface area (Å²) in [5, 5.41) is 6.82. The molecule has 140 valence electrons. The number of nitrogens with one attached hydrogen (secondary N) is 2. The summed E-state index contributed by atoms with van der Waals surface area (Å²) < 4.78 is 0. The average molecular weight is 372 g/mol. The van der Waals surface area contributed by atoms with Crippen LogP contribution in [0.15, 0.2) is 53.6 Å². The first-order valence-electron chi connectivity index (χ1n) is 9.54. The number of para-hydroxylation sites is 2. The molecule has 7 heteroatoms. The number of nitrogens with zero attached hydrogens (tertiary/aromatic N) is 4. The van der Waals surface area contributed by atoms with Crippen molar-refractivity contribution in [2.45, 2.75) is 43.1 Å². The van der Waals surface area contributed by atoms with Crippen molar-refractivity contribution in [1.82, 2.24) is 15.3 Å². The van der Waals surface area contributed by atoms with Gasteiger partial charge in [-0.05, 0) is 55.5 Å². The second kappa shape index (κ2) is 6.11. The van der Waals surface area contributed by atoms with Crippen LogP contribution in [0.1, 0.15) is 48.3 Å². The number of hydrogen-bond donors (Lipinski definition) is 2. The molecule has 1 aromatic heterocycles. The van der Waals surface area contributed by atoms with Crippen LogP contribution in [0, 0.1) is 0 Å². The topological polar surface area (TPSA) is 107 Å². The maximum atomic E-state index is 12.8. The van der Waals surface area contributed by atoms with Gasteiger partial charge in [0.25, 0.3) is 5.91 Å². The number of carbonyl (C=O) groups is 1. The highest BCUT2D eigenvalue weighted by molar-refractivity contribution is 5.95. The molecular formula is C21H20N6O. The van der Waals surface area contributed by atoms with E-state index >= 15 is 0 Å². The van der Waals surface area contributed by atoms with Crippen molar-refractivity contribution >= 4 is 22.6 Å². The molecule has 7 nitrogen and oxygen atoms in total. The maximum absolute atomic E-state index is 12.8. The van der Waals surface area contributed by atoms with Crippen molar-refractivity contribution < 1.29 is 4.79 Å². The molecule has 3 fully saturated rings. The molecule has 3 aliphatic carbocycles. The minimum Gasteiger partial charge on any atom is -0.347 e. The Hall–Kier alpha value is -3.31. The number of H-pyrrole nitrogens is 1. The molecule has 3 saturated carbocycles. The van der Waals surface area contributed by atoms with Crippen molar-refractivity contribution in [3.63, 3.8) is 0 Å². The van der Waals surface area contributed by atoms with E-state index in [1.165, 1.54) is 0 Å². The van der Waals surface area contributed by atoms with Crippen LogP contribution in [0.3, 0.4) is 0 Å². The summed E-state index contributed by atoms with van der Waals surface area (Å²) in [5.74, 6) is 0.976. The second-order valence-corrected chi connectivity index (χ2v) is 8.06. The van der Waals surface area contributed by atoms with E-state index in [9.17, 15) is 4.79 Å². The van der Waals surface area contributed by atoms with Gasteiger partial charge in [0.1, 0.15) is 5.82 Å². The first-order valence-corrected chi connectivity index (χ1v) is 9.54. The molecule has 1 heterocycles. The van der Waals surface area contributed by atoms with Gasteiger partial charge in [-0.2, -0.15) is 0 Å². The largest absolute Gasteiger partial charge is 0.347 e. The van der Waals surface area contributed by atoms with Gasteiger partial charge in [0, 0.05) is 27.1 Å². The predicted molar refractivity (Wildman–Crippen MR) is 106 cm³/mol. The van der Waals surface area contributed by atoms with Gasteiger partial charge in [0.15, 0.2) is 0 Å². The Kier molecular flexibility index (Phi) is 3.67. The van der Waals surface area contributed by atoms with Gasteiger partial charge in [-0.25, -0.2) is 4.98 Å². The van der Waals surface area contributed by atoms with Gasteiger partial charge < -0.3 is 10.3 Å². The lowest BCUT2D eigenvalue weighted by Crippen LogP contribution is -2.66. The summed E-state index contributed by atoms with van der Waals surface area (Å²) in [7, 11) is 0. The quantitative estimate of drug-likeness (QED) is 0.386. The lowest BCUT2D eigenvalue weighted by molar-refractivity contribution is 0.00534. The summed E-state index contributed by atoms with van der Waals surface area (Å²) in [6.45, 7) is 0. The molecule has 2 aromatic carbocycles. The monoisotopic (exact) mass is 372 g/mol. The van der Waals surface area contributed by atoms with E-state index < -0.39 is 0 Å². The minimum atomic E-state index is -0.155.